The van der Waals surface area contributed by atoms with E-state index < -0.39 is 10.8 Å². The molecule has 0 spiro atoms. The summed E-state index contributed by atoms with van der Waals surface area (Å²) in [6.45, 7) is 8.03. The van der Waals surface area contributed by atoms with Crippen molar-refractivity contribution in [1.82, 2.24) is 9.99 Å². The molecule has 2 aromatic heterocycles. The molecular formula is C29H30N4O6. The van der Waals surface area contributed by atoms with Gasteiger partial charge in [-0.05, 0) is 87.9 Å². The maximum atomic E-state index is 12.4. The van der Waals surface area contributed by atoms with Crippen molar-refractivity contribution in [2.24, 2.45) is 5.10 Å². The van der Waals surface area contributed by atoms with Gasteiger partial charge in [0.2, 0.25) is 0 Å². The van der Waals surface area contributed by atoms with E-state index in [0.717, 1.165) is 17.1 Å². The highest BCUT2D eigenvalue weighted by molar-refractivity contribution is 5.92. The second-order valence-electron chi connectivity index (χ2n) is 9.02. The molecule has 1 atom stereocenters. The number of nitro groups is 1. The van der Waals surface area contributed by atoms with Crippen molar-refractivity contribution in [2.45, 2.75) is 46.8 Å². The Hall–Kier alpha value is -4.86. The monoisotopic (exact) mass is 530 g/mol. The van der Waals surface area contributed by atoms with Gasteiger partial charge in [0.15, 0.2) is 11.5 Å². The molecule has 0 radical (unpaired) electrons. The van der Waals surface area contributed by atoms with Gasteiger partial charge in [0.25, 0.3) is 0 Å². The molecule has 10 nitrogen and oxygen atoms in total. The molecule has 4 rings (SSSR count). The summed E-state index contributed by atoms with van der Waals surface area (Å²) in [5.74, 6) is 0.817. The van der Waals surface area contributed by atoms with Gasteiger partial charge in [-0.25, -0.2) is 5.43 Å². The normalized spacial score (nSPS) is 11.9. The third kappa shape index (κ3) is 6.72. The van der Waals surface area contributed by atoms with Gasteiger partial charge in [-0.1, -0.05) is 6.92 Å². The van der Waals surface area contributed by atoms with E-state index in [2.05, 4.69) is 41.1 Å². The first-order valence-electron chi connectivity index (χ1n) is 12.5. The van der Waals surface area contributed by atoms with Crippen LogP contribution in [0.4, 0.5) is 5.69 Å². The van der Waals surface area contributed by atoms with E-state index in [9.17, 15) is 14.9 Å². The number of rotatable bonds is 11. The SMILES string of the molecule is CC[C@@H](C)Oc1ccc(/C=N/NC(=O)c2ccc(COc3ccc(-n4c(C)ccc4C)cc3)o2)cc1[N+](=O)[O-]. The van der Waals surface area contributed by atoms with Gasteiger partial charge in [0, 0.05) is 28.7 Å². The summed E-state index contributed by atoms with van der Waals surface area (Å²) < 4.78 is 19.1. The Balaban J connectivity index is 1.32. The molecule has 2 heterocycles. The Morgan fingerprint density at radius 3 is 2.49 bits per heavy atom. The van der Waals surface area contributed by atoms with Crippen LogP contribution >= 0.6 is 0 Å². The Kier molecular flexibility index (Phi) is 8.45. The number of carbonyl (C=O) groups excluding carboxylic acids is 1. The van der Waals surface area contributed by atoms with Crippen LogP contribution in [0.2, 0.25) is 0 Å². The summed E-state index contributed by atoms with van der Waals surface area (Å²) in [6, 6.07) is 19.5. The average Bonchev–Trinajstić information content (AvgIpc) is 3.54. The quantitative estimate of drug-likeness (QED) is 0.142. The second kappa shape index (κ2) is 12.1. The van der Waals surface area contributed by atoms with Crippen LogP contribution in [0.25, 0.3) is 5.69 Å². The van der Waals surface area contributed by atoms with Crippen molar-refractivity contribution < 1.29 is 23.6 Å². The molecule has 1 amide bonds. The zero-order valence-electron chi connectivity index (χ0n) is 22.2. The number of aromatic nitrogens is 1. The van der Waals surface area contributed by atoms with Gasteiger partial charge in [0.1, 0.15) is 18.1 Å². The Labute approximate surface area is 226 Å². The summed E-state index contributed by atoms with van der Waals surface area (Å²) in [5.41, 5.74) is 5.96. The van der Waals surface area contributed by atoms with E-state index >= 15 is 0 Å². The van der Waals surface area contributed by atoms with Crippen LogP contribution in [-0.2, 0) is 6.61 Å². The number of carbonyl (C=O) groups is 1. The van der Waals surface area contributed by atoms with Crippen LogP contribution in [-0.4, -0.2) is 27.7 Å². The number of benzene rings is 2. The van der Waals surface area contributed by atoms with Crippen LogP contribution in [0, 0.1) is 24.0 Å². The Morgan fingerprint density at radius 2 is 1.82 bits per heavy atom. The smallest absolute Gasteiger partial charge is 0.311 e. The number of furan rings is 1. The molecule has 2 aromatic carbocycles. The zero-order chi connectivity index (χ0) is 27.9. The van der Waals surface area contributed by atoms with Gasteiger partial charge in [0.05, 0.1) is 17.2 Å². The fraction of sp³-hybridized carbons (Fsp3) is 0.241. The largest absolute Gasteiger partial charge is 0.486 e. The van der Waals surface area contributed by atoms with Crippen LogP contribution in [0.1, 0.15) is 53.5 Å². The lowest BCUT2D eigenvalue weighted by molar-refractivity contribution is -0.386. The van der Waals surface area contributed by atoms with Crippen LogP contribution in [0.3, 0.4) is 0 Å². The summed E-state index contributed by atoms with van der Waals surface area (Å²) in [7, 11) is 0. The maximum absolute atomic E-state index is 12.4. The maximum Gasteiger partial charge on any atom is 0.311 e. The first-order valence-corrected chi connectivity index (χ1v) is 12.5. The fourth-order valence-corrected chi connectivity index (χ4v) is 3.88. The summed E-state index contributed by atoms with van der Waals surface area (Å²) >= 11 is 0. The third-order valence-corrected chi connectivity index (χ3v) is 6.10. The molecule has 4 aromatic rings. The number of nitrogens with one attached hydrogen (secondary N) is 1. The number of aryl methyl sites for hydroxylation is 2. The molecule has 202 valence electrons. The van der Waals surface area contributed by atoms with Crippen molar-refractivity contribution in [3.63, 3.8) is 0 Å². The number of hydrazone groups is 1. The average molecular weight is 531 g/mol. The molecule has 0 aliphatic heterocycles. The van der Waals surface area contributed by atoms with E-state index in [1.807, 2.05) is 38.1 Å². The van der Waals surface area contributed by atoms with Crippen molar-refractivity contribution in [1.29, 1.82) is 0 Å². The Bertz CT molecular complexity index is 1470. The molecule has 0 unspecified atom stereocenters. The highest BCUT2D eigenvalue weighted by atomic mass is 16.6. The third-order valence-electron chi connectivity index (χ3n) is 6.10. The number of hydrogen-bond acceptors (Lipinski definition) is 7. The topological polar surface area (TPSA) is 121 Å². The molecular weight excluding hydrogens is 500 g/mol. The number of ether oxygens (including phenoxy) is 2. The minimum atomic E-state index is -0.564. The number of hydrogen-bond donors (Lipinski definition) is 1. The summed E-state index contributed by atoms with van der Waals surface area (Å²) in [6.07, 6.45) is 1.87. The van der Waals surface area contributed by atoms with Gasteiger partial charge < -0.3 is 18.5 Å². The lowest BCUT2D eigenvalue weighted by Crippen LogP contribution is -2.16. The van der Waals surface area contributed by atoms with Crippen LogP contribution < -0.4 is 14.9 Å². The van der Waals surface area contributed by atoms with E-state index in [-0.39, 0.29) is 29.9 Å². The molecule has 1 N–H and O–H groups in total. The molecule has 0 fully saturated rings. The molecule has 10 heteroatoms. The Morgan fingerprint density at radius 1 is 1.10 bits per heavy atom. The molecule has 0 saturated carbocycles. The number of nitro benzene ring substituents is 1. The molecule has 0 bridgehead atoms. The van der Waals surface area contributed by atoms with Crippen molar-refractivity contribution in [2.75, 3.05) is 0 Å². The minimum absolute atomic E-state index is 0.0583. The lowest BCUT2D eigenvalue weighted by atomic mass is 10.2. The van der Waals surface area contributed by atoms with E-state index in [1.54, 1.807) is 12.1 Å². The number of nitrogens with zero attached hydrogens (tertiary/aromatic N) is 3. The molecule has 0 aliphatic rings. The first-order chi connectivity index (χ1) is 18.7. The molecule has 39 heavy (non-hydrogen) atoms. The van der Waals surface area contributed by atoms with E-state index in [4.69, 9.17) is 13.9 Å². The van der Waals surface area contributed by atoms with E-state index in [1.165, 1.54) is 24.4 Å². The standard InChI is InChI=1S/C29H30N4O6/c1-5-21(4)38-27-14-8-22(16-26(27)33(35)36)17-30-31-29(34)28-15-13-25(39-28)18-37-24-11-9-23(10-12-24)32-19(2)6-7-20(32)3/h6-17,21H,5,18H2,1-4H3,(H,31,34)/b30-17+/t21-/m1/s1. The van der Waals surface area contributed by atoms with Gasteiger partial charge in [-0.3, -0.25) is 14.9 Å². The minimum Gasteiger partial charge on any atom is -0.486 e. The van der Waals surface area contributed by atoms with Gasteiger partial charge in [-0.15, -0.1) is 0 Å². The van der Waals surface area contributed by atoms with Crippen molar-refractivity contribution >= 4 is 17.8 Å². The van der Waals surface area contributed by atoms with Crippen molar-refractivity contribution in [3.8, 4) is 17.2 Å². The van der Waals surface area contributed by atoms with Crippen LogP contribution in [0.5, 0.6) is 11.5 Å². The summed E-state index contributed by atoms with van der Waals surface area (Å²) in [5, 5.41) is 15.3. The van der Waals surface area contributed by atoms with Crippen molar-refractivity contribution in [3.05, 3.63) is 105 Å². The highest BCUT2D eigenvalue weighted by Gasteiger charge is 2.17. The zero-order valence-corrected chi connectivity index (χ0v) is 22.2. The highest BCUT2D eigenvalue weighted by Crippen LogP contribution is 2.29. The van der Waals surface area contributed by atoms with Gasteiger partial charge in [-0.2, -0.15) is 5.10 Å². The van der Waals surface area contributed by atoms with Crippen LogP contribution in [0.15, 0.2) is 76.2 Å². The van der Waals surface area contributed by atoms with E-state index in [0.29, 0.717) is 23.5 Å². The summed E-state index contributed by atoms with van der Waals surface area (Å²) in [4.78, 5) is 23.3. The predicted molar refractivity (Wildman–Crippen MR) is 147 cm³/mol. The first kappa shape index (κ1) is 27.2. The second-order valence-corrected chi connectivity index (χ2v) is 9.02. The number of amides is 1. The fourth-order valence-electron chi connectivity index (χ4n) is 3.88. The lowest BCUT2D eigenvalue weighted by Gasteiger charge is -2.12. The predicted octanol–water partition coefficient (Wildman–Crippen LogP) is 6.12. The van der Waals surface area contributed by atoms with Gasteiger partial charge >= 0.3 is 11.6 Å². The molecule has 0 aliphatic carbocycles. The molecule has 0 saturated heterocycles.